The van der Waals surface area contributed by atoms with Crippen molar-refractivity contribution < 1.29 is 15.1 Å². The molecular weight excluding hydrogens is 506 g/mol. The van der Waals surface area contributed by atoms with Crippen LogP contribution in [0.15, 0.2) is 151 Å². The van der Waals surface area contributed by atoms with Gasteiger partial charge in [-0.05, 0) is 85.9 Å². The molecule has 1 heteroatoms. The van der Waals surface area contributed by atoms with Crippen molar-refractivity contribution in [1.82, 2.24) is 0 Å². The summed E-state index contributed by atoms with van der Waals surface area (Å²) in [6.45, 7) is 4.15. The van der Waals surface area contributed by atoms with Crippen molar-refractivity contribution >= 4 is 38.6 Å². The van der Waals surface area contributed by atoms with E-state index in [-0.39, 0.29) is 39.8 Å². The molecule has 0 amide bonds. The number of benzene rings is 7. The molecule has 0 fully saturated rings. The highest BCUT2D eigenvalue weighted by molar-refractivity contribution is 6.00. The molecule has 0 bridgehead atoms. The van der Waals surface area contributed by atoms with Crippen molar-refractivity contribution in [1.29, 1.82) is 0 Å². The highest BCUT2D eigenvalue weighted by Crippen LogP contribution is 2.51. The number of hydrogen-bond acceptors (Lipinski definition) is 1. The fourth-order valence-corrected chi connectivity index (χ4v) is 6.10. The molecule has 0 heterocycles. The summed E-state index contributed by atoms with van der Waals surface area (Å²) in [5, 5.41) is 1.27. The molecule has 0 spiro atoms. The first-order valence-corrected chi connectivity index (χ1v) is 13.8. The number of anilines is 3. The minimum atomic E-state index is -0.609. The third-order valence-corrected chi connectivity index (χ3v) is 8.22. The lowest BCUT2D eigenvalue weighted by Gasteiger charge is -2.29. The summed E-state index contributed by atoms with van der Waals surface area (Å²) in [6, 6.07) is 20.8. The van der Waals surface area contributed by atoms with Gasteiger partial charge in [0.05, 0.1) is 20.8 Å². The van der Waals surface area contributed by atoms with E-state index in [9.17, 15) is 4.11 Å². The van der Waals surface area contributed by atoms with Gasteiger partial charge in [0.1, 0.15) is 0 Å². The van der Waals surface area contributed by atoms with Crippen LogP contribution in [0.25, 0.3) is 43.8 Å². The fraction of sp³-hybridized carbons (Fsp3) is 0.0732. The van der Waals surface area contributed by atoms with E-state index in [4.69, 9.17) is 11.0 Å². The van der Waals surface area contributed by atoms with Crippen molar-refractivity contribution in [2.75, 3.05) is 4.90 Å². The molecule has 0 unspecified atom stereocenters. The minimum absolute atomic E-state index is 0.0617. The number of rotatable bonds is 4. The molecule has 0 saturated carbocycles. The summed E-state index contributed by atoms with van der Waals surface area (Å²) in [4.78, 5) is 1.36. The molecule has 0 aliphatic heterocycles. The Hall–Kier alpha value is -5.14. The molecule has 0 atom stereocenters. The van der Waals surface area contributed by atoms with Gasteiger partial charge in [-0.3, -0.25) is 0 Å². The Morgan fingerprint density at radius 2 is 1.31 bits per heavy atom. The summed E-state index contributed by atoms with van der Waals surface area (Å²) >= 11 is 0. The Bertz CT molecular complexity index is 2730. The Morgan fingerprint density at radius 3 is 2.24 bits per heavy atom. The van der Waals surface area contributed by atoms with Crippen LogP contribution in [0.3, 0.4) is 0 Å². The second-order valence-electron chi connectivity index (χ2n) is 11.0. The molecule has 42 heavy (non-hydrogen) atoms. The topological polar surface area (TPSA) is 3.24 Å². The molecule has 0 radical (unpaired) electrons. The van der Waals surface area contributed by atoms with Crippen molar-refractivity contribution in [2.45, 2.75) is 19.3 Å². The summed E-state index contributed by atoms with van der Waals surface area (Å²) in [5.74, 6) is 0. The summed E-state index contributed by atoms with van der Waals surface area (Å²) < 4.78 is 98.8. The van der Waals surface area contributed by atoms with Crippen LogP contribution in [-0.2, 0) is 5.41 Å². The zero-order valence-corrected chi connectivity index (χ0v) is 23.0. The highest BCUT2D eigenvalue weighted by Gasteiger charge is 2.35. The predicted octanol–water partition coefficient (Wildman–Crippen LogP) is 11.4. The molecule has 0 N–H and O–H groups in total. The van der Waals surface area contributed by atoms with Crippen LogP contribution in [0.5, 0.6) is 0 Å². The number of hydrogen-bond donors (Lipinski definition) is 0. The van der Waals surface area contributed by atoms with Crippen molar-refractivity contribution in [2.24, 2.45) is 0 Å². The average molecular weight is 549 g/mol. The second kappa shape index (κ2) is 9.46. The van der Waals surface area contributed by atoms with Crippen LogP contribution in [0.1, 0.15) is 40.1 Å². The zero-order valence-electron chi connectivity index (χ0n) is 34.0. The van der Waals surface area contributed by atoms with E-state index in [1.165, 1.54) is 4.90 Å². The van der Waals surface area contributed by atoms with Gasteiger partial charge in [0.25, 0.3) is 0 Å². The second-order valence-corrected chi connectivity index (χ2v) is 11.0. The minimum Gasteiger partial charge on any atom is -0.310 e. The van der Waals surface area contributed by atoms with E-state index in [1.54, 1.807) is 12.1 Å². The van der Waals surface area contributed by atoms with Crippen LogP contribution >= 0.6 is 0 Å². The number of fused-ring (bicyclic) bond motifs is 5. The quantitative estimate of drug-likeness (QED) is 0.211. The lowest BCUT2D eigenvalue weighted by molar-refractivity contribution is 0.660. The van der Waals surface area contributed by atoms with E-state index < -0.39 is 59.8 Å². The normalized spacial score (nSPS) is 16.9. The Labute approximate surface area is 262 Å². The molecule has 1 aliphatic carbocycles. The van der Waals surface area contributed by atoms with E-state index >= 15 is 0 Å². The van der Waals surface area contributed by atoms with Gasteiger partial charge >= 0.3 is 0 Å². The van der Waals surface area contributed by atoms with Crippen LogP contribution in [0.2, 0.25) is 0 Å². The Balaban J connectivity index is 1.53. The molecular formula is C41H31N. The lowest BCUT2D eigenvalue weighted by atomic mass is 9.82. The van der Waals surface area contributed by atoms with E-state index in [1.807, 2.05) is 66.7 Å². The molecule has 1 aliphatic rings. The first kappa shape index (κ1) is 15.7. The van der Waals surface area contributed by atoms with Gasteiger partial charge in [-0.2, -0.15) is 0 Å². The van der Waals surface area contributed by atoms with Crippen molar-refractivity contribution in [3.8, 4) is 22.3 Å². The van der Waals surface area contributed by atoms with Gasteiger partial charge in [0, 0.05) is 22.2 Å². The maximum absolute atomic E-state index is 9.72. The van der Waals surface area contributed by atoms with E-state index in [0.29, 0.717) is 11.3 Å². The van der Waals surface area contributed by atoms with Gasteiger partial charge in [-0.25, -0.2) is 0 Å². The monoisotopic (exact) mass is 548 g/mol. The van der Waals surface area contributed by atoms with Gasteiger partial charge in [0.2, 0.25) is 0 Å². The van der Waals surface area contributed by atoms with Crippen LogP contribution in [0, 0.1) is 0 Å². The van der Waals surface area contributed by atoms with Crippen LogP contribution in [0.4, 0.5) is 17.1 Å². The Morgan fingerprint density at radius 1 is 0.548 bits per heavy atom. The fourth-order valence-electron chi connectivity index (χ4n) is 6.10. The van der Waals surface area contributed by atoms with Gasteiger partial charge < -0.3 is 4.90 Å². The smallest absolute Gasteiger partial charge is 0.0651 e. The molecule has 0 saturated heterocycles. The largest absolute Gasteiger partial charge is 0.310 e. The first-order valence-electron chi connectivity index (χ1n) is 19.3. The summed E-state index contributed by atoms with van der Waals surface area (Å²) in [6.07, 6.45) is 0. The van der Waals surface area contributed by atoms with E-state index in [2.05, 4.69) is 19.9 Å². The maximum atomic E-state index is 9.72. The van der Waals surface area contributed by atoms with Gasteiger partial charge in [-0.1, -0.05) is 129 Å². The molecule has 7 aromatic carbocycles. The first-order chi connectivity index (χ1) is 25.2. The third kappa shape index (κ3) is 3.85. The zero-order chi connectivity index (χ0) is 37.8. The SMILES string of the molecule is [2H]c1c([2H])c(-c2ccc3ccccc3c2)c([2H])c(N(c2ccc3c(c2)C(C)(C)c2ccccc2-3)c2c([2H])c([2H])c([2H])c3c([2H])c([2H])c([2H])c([2H])c23)c1[2H]. The molecule has 0 aromatic heterocycles. The van der Waals surface area contributed by atoms with Gasteiger partial charge in [-0.15, -0.1) is 0 Å². The van der Waals surface area contributed by atoms with Crippen LogP contribution < -0.4 is 4.90 Å². The van der Waals surface area contributed by atoms with Crippen molar-refractivity contribution in [3.63, 3.8) is 0 Å². The van der Waals surface area contributed by atoms with Crippen molar-refractivity contribution in [3.05, 3.63) is 163 Å². The maximum Gasteiger partial charge on any atom is 0.0651 e. The predicted molar refractivity (Wildman–Crippen MR) is 179 cm³/mol. The molecule has 7 aromatic rings. The Kier molecular flexibility index (Phi) is 3.55. The molecule has 1 nitrogen and oxygen atoms in total. The van der Waals surface area contributed by atoms with Crippen LogP contribution in [-0.4, -0.2) is 0 Å². The number of nitrogens with zero attached hydrogens (tertiary/aromatic N) is 1. The van der Waals surface area contributed by atoms with Gasteiger partial charge in [0.15, 0.2) is 0 Å². The highest BCUT2D eigenvalue weighted by atomic mass is 15.1. The summed E-state index contributed by atoms with van der Waals surface area (Å²) in [7, 11) is 0. The summed E-state index contributed by atoms with van der Waals surface area (Å²) in [5.41, 5.74) is 3.84. The molecule has 8 rings (SSSR count). The lowest BCUT2D eigenvalue weighted by Crippen LogP contribution is -2.16. The van der Waals surface area contributed by atoms with E-state index in [0.717, 1.165) is 33.0 Å². The third-order valence-electron chi connectivity index (χ3n) is 8.22. The molecule has 200 valence electrons. The average Bonchev–Trinajstić information content (AvgIpc) is 3.38. The standard InChI is InChI=1S/C41H31N/c1-41(2)38-19-8-7-18-36(38)37-24-23-34(27-39(37)41)42(40-20-10-14-29-12-5-6-17-35(29)40)33-16-9-15-31(26-33)32-22-21-28-11-3-4-13-30(28)25-32/h3-27H,1-2H3/i5D,6D,9D,10D,12D,14D,15D,16D,17D,20D,26D.